The summed E-state index contributed by atoms with van der Waals surface area (Å²) in [5.74, 6) is 1.49. The summed E-state index contributed by atoms with van der Waals surface area (Å²) < 4.78 is 13.3. The number of benzene rings is 2. The van der Waals surface area contributed by atoms with Crippen LogP contribution in [0.5, 0.6) is 11.5 Å². The van der Waals surface area contributed by atoms with E-state index in [4.69, 9.17) is 9.47 Å². The summed E-state index contributed by atoms with van der Waals surface area (Å²) in [5, 5.41) is 5.57. The van der Waals surface area contributed by atoms with Crippen LogP contribution in [0.2, 0.25) is 0 Å². The summed E-state index contributed by atoms with van der Waals surface area (Å²) in [6.07, 6.45) is 1.81. The minimum absolute atomic E-state index is 0.351. The first-order valence-corrected chi connectivity index (χ1v) is 10.0. The first-order chi connectivity index (χ1) is 14.2. The number of urea groups is 1. The standard InChI is InChI=1S/C21H20N4O3S/c1-2-10-25-17(15-8-9-18-19(13-15)28-12-11-27-18)14-29-21(25)24-23-20(26)22-16-6-4-3-5-7-16/h2-9,13-14H,1,10-12H2,(H2,22,23,26)/p+1. The smallest absolute Gasteiger partial charge is 0.358 e. The van der Waals surface area contributed by atoms with Gasteiger partial charge in [-0.3, -0.25) is 0 Å². The Balaban J connectivity index is 1.51. The van der Waals surface area contributed by atoms with Crippen molar-refractivity contribution < 1.29 is 18.8 Å². The highest BCUT2D eigenvalue weighted by Gasteiger charge is 2.21. The van der Waals surface area contributed by atoms with E-state index in [0.717, 1.165) is 27.9 Å². The number of anilines is 2. The number of amides is 2. The predicted octanol–water partition coefficient (Wildman–Crippen LogP) is 3.81. The number of carbonyl (C=O) groups excluding carboxylic acids is 1. The highest BCUT2D eigenvalue weighted by Crippen LogP contribution is 2.34. The predicted molar refractivity (Wildman–Crippen MR) is 113 cm³/mol. The van der Waals surface area contributed by atoms with Crippen molar-refractivity contribution in [2.45, 2.75) is 6.54 Å². The van der Waals surface area contributed by atoms with Crippen LogP contribution in [-0.2, 0) is 6.54 Å². The fourth-order valence-electron chi connectivity index (χ4n) is 2.98. The van der Waals surface area contributed by atoms with Crippen LogP contribution in [-0.4, -0.2) is 19.2 Å². The number of para-hydroxylation sites is 1. The van der Waals surface area contributed by atoms with Crippen LogP contribution in [0, 0.1) is 0 Å². The summed E-state index contributed by atoms with van der Waals surface area (Å²) in [5.41, 5.74) is 8.35. The number of hydrogen-bond acceptors (Lipinski definition) is 5. The van der Waals surface area contributed by atoms with Gasteiger partial charge in [-0.25, -0.2) is 9.36 Å². The lowest BCUT2D eigenvalue weighted by Crippen LogP contribution is -2.42. The largest absolute Gasteiger partial charge is 0.486 e. The highest BCUT2D eigenvalue weighted by molar-refractivity contribution is 7.13. The average Bonchev–Trinajstić information content (AvgIpc) is 3.15. The lowest BCUT2D eigenvalue weighted by atomic mass is 10.1. The van der Waals surface area contributed by atoms with Gasteiger partial charge in [0.1, 0.15) is 25.5 Å². The summed E-state index contributed by atoms with van der Waals surface area (Å²) in [6, 6.07) is 14.8. The Morgan fingerprint density at radius 2 is 1.93 bits per heavy atom. The number of thiazole rings is 1. The fourth-order valence-corrected chi connectivity index (χ4v) is 3.87. The quantitative estimate of drug-likeness (QED) is 0.329. The summed E-state index contributed by atoms with van der Waals surface area (Å²) >= 11 is 1.49. The number of allylic oxidation sites excluding steroid dienone is 1. The number of carbonyl (C=O) groups is 1. The van der Waals surface area contributed by atoms with Crippen molar-refractivity contribution >= 4 is 28.2 Å². The normalized spacial score (nSPS) is 12.1. The van der Waals surface area contributed by atoms with E-state index in [1.165, 1.54) is 11.3 Å². The molecular formula is C21H21N4O3S+. The molecular weight excluding hydrogens is 388 g/mol. The van der Waals surface area contributed by atoms with Gasteiger partial charge in [0.25, 0.3) is 0 Å². The molecule has 148 valence electrons. The number of rotatable bonds is 6. The number of ether oxygens (including phenoxy) is 2. The number of nitrogens with zero attached hydrogens (tertiary/aromatic N) is 1. The van der Waals surface area contributed by atoms with Gasteiger partial charge in [-0.05, 0) is 30.3 Å². The van der Waals surface area contributed by atoms with Gasteiger partial charge in [-0.1, -0.05) is 42.2 Å². The molecule has 0 atom stereocenters. The molecule has 2 aromatic carbocycles. The second kappa shape index (κ2) is 8.66. The lowest BCUT2D eigenvalue weighted by Gasteiger charge is -2.18. The second-order valence-corrected chi connectivity index (χ2v) is 7.11. The third-order valence-corrected chi connectivity index (χ3v) is 5.17. The first-order valence-electron chi connectivity index (χ1n) is 9.15. The van der Waals surface area contributed by atoms with E-state index in [-0.39, 0.29) is 6.03 Å². The van der Waals surface area contributed by atoms with Crippen LogP contribution < -0.4 is 30.2 Å². The molecule has 29 heavy (non-hydrogen) atoms. The Morgan fingerprint density at radius 3 is 2.72 bits per heavy atom. The maximum Gasteiger partial charge on any atom is 0.358 e. The summed E-state index contributed by atoms with van der Waals surface area (Å²) in [4.78, 5) is 12.2. The molecule has 7 nitrogen and oxygen atoms in total. The third kappa shape index (κ3) is 4.33. The third-order valence-electron chi connectivity index (χ3n) is 4.28. The SMILES string of the molecule is C=CC[n+]1c(-c2ccc3c(c2)OCCO3)csc1NNC(=O)Nc1ccccc1. The molecule has 1 aliphatic heterocycles. The van der Waals surface area contributed by atoms with Crippen molar-refractivity contribution in [3.8, 4) is 22.8 Å². The van der Waals surface area contributed by atoms with Crippen LogP contribution in [0.4, 0.5) is 15.6 Å². The van der Waals surface area contributed by atoms with Gasteiger partial charge >= 0.3 is 11.2 Å². The van der Waals surface area contributed by atoms with Crippen LogP contribution in [0.25, 0.3) is 11.3 Å². The van der Waals surface area contributed by atoms with E-state index in [9.17, 15) is 4.79 Å². The molecule has 0 aliphatic carbocycles. The number of fused-ring (bicyclic) bond motifs is 1. The van der Waals surface area contributed by atoms with Crippen molar-refractivity contribution in [3.63, 3.8) is 0 Å². The van der Waals surface area contributed by atoms with Crippen molar-refractivity contribution in [2.75, 3.05) is 24.0 Å². The van der Waals surface area contributed by atoms with Crippen molar-refractivity contribution in [3.05, 3.63) is 66.6 Å². The molecule has 0 unspecified atom stereocenters. The Labute approximate surface area is 172 Å². The zero-order valence-corrected chi connectivity index (χ0v) is 16.5. The highest BCUT2D eigenvalue weighted by atomic mass is 32.1. The lowest BCUT2D eigenvalue weighted by molar-refractivity contribution is -0.658. The molecule has 0 fully saturated rings. The molecule has 4 rings (SSSR count). The molecule has 1 aromatic heterocycles. The van der Waals surface area contributed by atoms with Crippen molar-refractivity contribution in [2.24, 2.45) is 0 Å². The van der Waals surface area contributed by atoms with Gasteiger partial charge in [0, 0.05) is 16.6 Å². The zero-order valence-electron chi connectivity index (χ0n) is 15.7. The van der Waals surface area contributed by atoms with Gasteiger partial charge in [0.05, 0.1) is 0 Å². The number of nitrogens with one attached hydrogen (secondary N) is 3. The molecule has 8 heteroatoms. The first kappa shape index (κ1) is 18.8. The average molecular weight is 409 g/mol. The fraction of sp³-hybridized carbons (Fsp3) is 0.143. The van der Waals surface area contributed by atoms with E-state index in [1.807, 2.05) is 64.6 Å². The van der Waals surface area contributed by atoms with Crippen LogP contribution in [0.15, 0.2) is 66.6 Å². The molecule has 0 saturated carbocycles. The molecule has 0 bridgehead atoms. The minimum Gasteiger partial charge on any atom is -0.486 e. The number of hydrogen-bond donors (Lipinski definition) is 3. The van der Waals surface area contributed by atoms with Crippen molar-refractivity contribution in [1.29, 1.82) is 0 Å². The molecule has 2 amide bonds. The Bertz CT molecular complexity index is 1020. The number of hydrazine groups is 1. The molecule has 0 saturated heterocycles. The molecule has 3 aromatic rings. The number of aromatic nitrogens is 1. The molecule has 0 spiro atoms. The zero-order chi connectivity index (χ0) is 20.1. The molecule has 2 heterocycles. The maximum atomic E-state index is 12.2. The molecule has 3 N–H and O–H groups in total. The van der Waals surface area contributed by atoms with E-state index in [1.54, 1.807) is 0 Å². The van der Waals surface area contributed by atoms with E-state index in [2.05, 4.69) is 22.7 Å². The van der Waals surface area contributed by atoms with Gasteiger partial charge in [-0.2, -0.15) is 10.9 Å². The van der Waals surface area contributed by atoms with E-state index >= 15 is 0 Å². The van der Waals surface area contributed by atoms with Crippen molar-refractivity contribution in [1.82, 2.24) is 5.43 Å². The maximum absolute atomic E-state index is 12.2. The Hall–Kier alpha value is -3.52. The van der Waals surface area contributed by atoms with Gasteiger partial charge in [-0.15, -0.1) is 0 Å². The second-order valence-electron chi connectivity index (χ2n) is 6.25. The van der Waals surface area contributed by atoms with E-state index in [0.29, 0.717) is 25.4 Å². The topological polar surface area (TPSA) is 75.5 Å². The van der Waals surface area contributed by atoms with Crippen LogP contribution >= 0.6 is 11.3 Å². The van der Waals surface area contributed by atoms with Gasteiger partial charge in [0.15, 0.2) is 11.5 Å². The van der Waals surface area contributed by atoms with Crippen LogP contribution in [0.1, 0.15) is 0 Å². The molecule has 1 aliphatic rings. The van der Waals surface area contributed by atoms with Gasteiger partial charge < -0.3 is 14.8 Å². The monoisotopic (exact) mass is 409 g/mol. The molecule has 0 radical (unpaired) electrons. The minimum atomic E-state index is -0.351. The Kier molecular flexibility index (Phi) is 5.62. The summed E-state index contributed by atoms with van der Waals surface area (Å²) in [6.45, 7) is 5.53. The van der Waals surface area contributed by atoms with E-state index < -0.39 is 0 Å². The Morgan fingerprint density at radius 1 is 1.14 bits per heavy atom. The summed E-state index contributed by atoms with van der Waals surface area (Å²) in [7, 11) is 0. The van der Waals surface area contributed by atoms with Gasteiger partial charge in [0.2, 0.25) is 0 Å². The van der Waals surface area contributed by atoms with Crippen LogP contribution in [0.3, 0.4) is 0 Å².